The van der Waals surface area contributed by atoms with Crippen molar-refractivity contribution in [2.45, 2.75) is 25.3 Å². The molecule has 1 saturated heterocycles. The van der Waals surface area contributed by atoms with E-state index in [1.165, 1.54) is 6.42 Å². The number of rotatable bonds is 6. The fraction of sp³-hybridized carbons (Fsp3) is 0.364. The molecule has 1 atom stereocenters. The quantitative estimate of drug-likeness (QED) is 0.827. The minimum Gasteiger partial charge on any atom is -0.395 e. The monoisotopic (exact) mass is 363 g/mol. The van der Waals surface area contributed by atoms with Gasteiger partial charge in [0, 0.05) is 24.7 Å². The molecule has 2 aromatic carbocycles. The molecule has 0 radical (unpaired) electrons. The summed E-state index contributed by atoms with van der Waals surface area (Å²) in [6, 6.07) is 17.2. The number of amides is 1. The van der Waals surface area contributed by atoms with Gasteiger partial charge >= 0.3 is 0 Å². The number of hydrogen-bond donors (Lipinski definition) is 2. The number of nitrogens with zero attached hydrogens (tertiary/aromatic N) is 2. The van der Waals surface area contributed by atoms with Crippen LogP contribution < -0.4 is 5.32 Å². The van der Waals surface area contributed by atoms with Crippen LogP contribution in [0.2, 0.25) is 0 Å². The number of carbonyl (C=O) groups is 1. The third-order valence-electron chi connectivity index (χ3n) is 5.14. The maximum atomic E-state index is 12.4. The van der Waals surface area contributed by atoms with Gasteiger partial charge in [0.15, 0.2) is 0 Å². The van der Waals surface area contributed by atoms with Crippen LogP contribution in [-0.2, 0) is 0 Å². The highest BCUT2D eigenvalue weighted by molar-refractivity contribution is 5.94. The Kier molecular flexibility index (Phi) is 6.59. The van der Waals surface area contributed by atoms with Crippen LogP contribution in [-0.4, -0.2) is 48.2 Å². The number of piperidine rings is 1. The van der Waals surface area contributed by atoms with Crippen LogP contribution in [0.25, 0.3) is 11.1 Å². The van der Waals surface area contributed by atoms with Crippen LogP contribution in [0.15, 0.2) is 48.5 Å². The molecule has 27 heavy (non-hydrogen) atoms. The zero-order chi connectivity index (χ0) is 19.1. The predicted octanol–water partition coefficient (Wildman–Crippen LogP) is 2.80. The Morgan fingerprint density at radius 1 is 1.11 bits per heavy atom. The molecule has 0 aliphatic carbocycles. The lowest BCUT2D eigenvalue weighted by Gasteiger charge is -2.34. The molecule has 140 valence electrons. The van der Waals surface area contributed by atoms with Crippen LogP contribution in [0.1, 0.15) is 35.2 Å². The molecule has 0 spiro atoms. The molecule has 0 aromatic heterocycles. The lowest BCUT2D eigenvalue weighted by molar-refractivity contribution is 0.0849. The second kappa shape index (κ2) is 9.31. The molecule has 2 aromatic rings. The van der Waals surface area contributed by atoms with Gasteiger partial charge in [-0.15, -0.1) is 0 Å². The van der Waals surface area contributed by atoms with Gasteiger partial charge in [0.25, 0.3) is 5.91 Å². The third-order valence-corrected chi connectivity index (χ3v) is 5.14. The van der Waals surface area contributed by atoms with E-state index < -0.39 is 0 Å². The molecule has 1 amide bonds. The number of nitriles is 1. The highest BCUT2D eigenvalue weighted by atomic mass is 16.3. The molecule has 1 aliphatic rings. The summed E-state index contributed by atoms with van der Waals surface area (Å²) in [6.07, 6.45) is 3.35. The van der Waals surface area contributed by atoms with Crippen LogP contribution in [0.4, 0.5) is 0 Å². The van der Waals surface area contributed by atoms with Gasteiger partial charge in [-0.3, -0.25) is 9.69 Å². The van der Waals surface area contributed by atoms with Crippen LogP contribution in [0, 0.1) is 11.3 Å². The van der Waals surface area contributed by atoms with E-state index >= 15 is 0 Å². The Hall–Kier alpha value is -2.68. The highest BCUT2D eigenvalue weighted by Crippen LogP contribution is 2.20. The van der Waals surface area contributed by atoms with Gasteiger partial charge in [0.05, 0.1) is 18.2 Å². The van der Waals surface area contributed by atoms with E-state index in [9.17, 15) is 9.90 Å². The first-order valence-electron chi connectivity index (χ1n) is 9.45. The Morgan fingerprint density at radius 2 is 1.78 bits per heavy atom. The summed E-state index contributed by atoms with van der Waals surface area (Å²) in [5.41, 5.74) is 3.29. The lowest BCUT2D eigenvalue weighted by atomic mass is 10.0. The van der Waals surface area contributed by atoms with Crippen LogP contribution in [0.3, 0.4) is 0 Å². The molecule has 1 aliphatic heterocycles. The van der Waals surface area contributed by atoms with Crippen LogP contribution in [0.5, 0.6) is 0 Å². The fourth-order valence-electron chi connectivity index (χ4n) is 3.53. The third kappa shape index (κ3) is 4.94. The minimum absolute atomic E-state index is 0.0843. The molecule has 2 N–H and O–H groups in total. The van der Waals surface area contributed by atoms with Crippen molar-refractivity contribution in [3.05, 3.63) is 59.7 Å². The molecule has 5 nitrogen and oxygen atoms in total. The van der Waals surface area contributed by atoms with Gasteiger partial charge in [0.1, 0.15) is 0 Å². The Labute approximate surface area is 160 Å². The average molecular weight is 363 g/mol. The van der Waals surface area contributed by atoms with E-state index in [2.05, 4.69) is 16.3 Å². The number of hydrogen-bond acceptors (Lipinski definition) is 4. The molecule has 5 heteroatoms. The topological polar surface area (TPSA) is 76.4 Å². The van der Waals surface area contributed by atoms with Gasteiger partial charge < -0.3 is 10.4 Å². The van der Waals surface area contributed by atoms with E-state index in [1.807, 2.05) is 36.4 Å². The lowest BCUT2D eigenvalue weighted by Crippen LogP contribution is -2.45. The fourth-order valence-corrected chi connectivity index (χ4v) is 3.53. The molecule has 0 bridgehead atoms. The van der Waals surface area contributed by atoms with Crippen LogP contribution >= 0.6 is 0 Å². The first kappa shape index (κ1) is 19.1. The summed E-state index contributed by atoms with van der Waals surface area (Å²) < 4.78 is 0. The average Bonchev–Trinajstić information content (AvgIpc) is 2.74. The van der Waals surface area contributed by atoms with Gasteiger partial charge in [-0.05, 0) is 54.8 Å². The summed E-state index contributed by atoms with van der Waals surface area (Å²) in [6.45, 7) is 2.51. The van der Waals surface area contributed by atoms with Crippen molar-refractivity contribution in [2.24, 2.45) is 0 Å². The molecule has 0 saturated carbocycles. The largest absolute Gasteiger partial charge is 0.395 e. The molecular formula is C22H25N3O2. The van der Waals surface area contributed by atoms with E-state index in [0.717, 1.165) is 37.1 Å². The van der Waals surface area contributed by atoms with Gasteiger partial charge in [-0.1, -0.05) is 30.7 Å². The Bertz CT molecular complexity index is 794. The van der Waals surface area contributed by atoms with Gasteiger partial charge in [-0.2, -0.15) is 5.26 Å². The zero-order valence-electron chi connectivity index (χ0n) is 15.4. The van der Waals surface area contributed by atoms with Gasteiger partial charge in [-0.25, -0.2) is 0 Å². The number of benzene rings is 2. The first-order valence-corrected chi connectivity index (χ1v) is 9.45. The van der Waals surface area contributed by atoms with E-state index in [1.54, 1.807) is 12.1 Å². The summed E-state index contributed by atoms with van der Waals surface area (Å²) in [5.74, 6) is -0.0843. The van der Waals surface area contributed by atoms with E-state index in [0.29, 0.717) is 17.7 Å². The Balaban J connectivity index is 1.53. The van der Waals surface area contributed by atoms with Crippen molar-refractivity contribution in [1.82, 2.24) is 10.2 Å². The summed E-state index contributed by atoms with van der Waals surface area (Å²) in [4.78, 5) is 14.6. The van der Waals surface area contributed by atoms with Crippen molar-refractivity contribution < 1.29 is 9.90 Å². The number of carbonyl (C=O) groups excluding carboxylic acids is 1. The van der Waals surface area contributed by atoms with Gasteiger partial charge in [0.2, 0.25) is 0 Å². The molecule has 1 fully saturated rings. The number of aliphatic hydroxyl groups excluding tert-OH is 1. The van der Waals surface area contributed by atoms with E-state index in [-0.39, 0.29) is 18.6 Å². The molecule has 0 unspecified atom stereocenters. The van der Waals surface area contributed by atoms with Crippen molar-refractivity contribution in [2.75, 3.05) is 26.2 Å². The molecular weight excluding hydrogens is 338 g/mol. The molecule has 1 heterocycles. The standard InChI is InChI=1S/C22H25N3O2/c23-15-17-4-6-18(7-5-17)19-8-10-20(11-9-19)22(27)24-12-14-25-13-2-1-3-21(25)16-26/h4-11,21,26H,1-3,12-14,16H2,(H,24,27)/t21-/m0/s1. The number of nitrogens with one attached hydrogen (secondary N) is 1. The molecule has 3 rings (SSSR count). The number of aliphatic hydroxyl groups is 1. The second-order valence-electron chi connectivity index (χ2n) is 6.89. The predicted molar refractivity (Wildman–Crippen MR) is 105 cm³/mol. The highest BCUT2D eigenvalue weighted by Gasteiger charge is 2.21. The second-order valence-corrected chi connectivity index (χ2v) is 6.89. The Morgan fingerprint density at radius 3 is 2.41 bits per heavy atom. The smallest absolute Gasteiger partial charge is 0.251 e. The first-order chi connectivity index (χ1) is 13.2. The van der Waals surface area contributed by atoms with Crippen molar-refractivity contribution >= 4 is 5.91 Å². The maximum Gasteiger partial charge on any atom is 0.251 e. The van der Waals surface area contributed by atoms with Crippen molar-refractivity contribution in [3.8, 4) is 17.2 Å². The summed E-state index contributed by atoms with van der Waals surface area (Å²) >= 11 is 0. The van der Waals surface area contributed by atoms with Crippen molar-refractivity contribution in [3.63, 3.8) is 0 Å². The van der Waals surface area contributed by atoms with Crippen molar-refractivity contribution in [1.29, 1.82) is 5.26 Å². The number of likely N-dealkylation sites (tertiary alicyclic amines) is 1. The summed E-state index contributed by atoms with van der Waals surface area (Å²) in [5, 5.41) is 21.3. The maximum absolute atomic E-state index is 12.4. The SMILES string of the molecule is N#Cc1ccc(-c2ccc(C(=O)NCCN3CCCC[C@H]3CO)cc2)cc1. The zero-order valence-corrected chi connectivity index (χ0v) is 15.4. The normalized spacial score (nSPS) is 17.3. The van der Waals surface area contributed by atoms with E-state index in [4.69, 9.17) is 5.26 Å². The minimum atomic E-state index is -0.0843. The summed E-state index contributed by atoms with van der Waals surface area (Å²) in [7, 11) is 0.